The quantitative estimate of drug-likeness (QED) is 0.0105. The molecule has 0 aliphatic carbocycles. The molecule has 144 heavy (non-hydrogen) atoms. The van der Waals surface area contributed by atoms with E-state index in [0.29, 0.717) is 73.1 Å². The number of aliphatic hydroxyl groups is 2. The van der Waals surface area contributed by atoms with Crippen LogP contribution in [0.25, 0.3) is 56.5 Å². The minimum Gasteiger partial charge on any atom is -0.507 e. The van der Waals surface area contributed by atoms with Gasteiger partial charge in [0, 0.05) is 175 Å². The fourth-order valence-corrected chi connectivity index (χ4v) is 12.3. The molecule has 0 bridgehead atoms. The minimum atomic E-state index is -2.02. The van der Waals surface area contributed by atoms with Gasteiger partial charge in [-0.15, -0.1) is 113 Å². The summed E-state index contributed by atoms with van der Waals surface area (Å²) in [5.41, 5.74) is 8.84. The van der Waals surface area contributed by atoms with Crippen LogP contribution in [0.1, 0.15) is 117 Å². The zero-order valence-corrected chi connectivity index (χ0v) is 84.1. The molecule has 4 radical (unpaired) electrons. The second-order valence-electron chi connectivity index (χ2n) is 28.9. The van der Waals surface area contributed by atoms with Gasteiger partial charge in [-0.2, -0.15) is 0 Å². The number of carboxylic acid groups (broad SMARTS) is 2. The van der Waals surface area contributed by atoms with E-state index in [1.165, 1.54) is 134 Å². The standard InChI is InChI=1S/C18H8F4NO.C18H10F2NO.2C18H11FNO.2C15H12O2.2C6H5NO2.4Ir/c19-13-9-12(15(20)17(22)16(13)21)18(24)11-5-3-4-10(8-11)14-6-1-2-7-23-14;19-14-7-4-12(5-8-14)18(22)15-11-13(6-9-16(15)20)17-3-1-2-10-21-17;2*19-16-9-7-13(8-10-16)18(21)15-5-3-4-14(12-15)17-6-1-2-11-20-17;2*16-14(12-7-3-1-4-8-12)11-15(17)13-9-5-2-6-10-13;2*8-6(9)5-3-1-2-4-7-5;;;;/h1-3,5-9H;1-5,7-11H;2*1-3,5-12H;2*1-11,16H;2*1-4H,(H,8,9);;;;/q4*-1;;;;;;;;. The summed E-state index contributed by atoms with van der Waals surface area (Å²) in [4.78, 5) is 117. The molecule has 0 aliphatic heterocycles. The maximum atomic E-state index is 14.0. The first-order valence-electron chi connectivity index (χ1n) is 41.9. The zero-order chi connectivity index (χ0) is 99.7. The van der Waals surface area contributed by atoms with Gasteiger partial charge < -0.3 is 40.4 Å². The van der Waals surface area contributed by atoms with E-state index in [0.717, 1.165) is 28.6 Å². The number of halogens is 8. The van der Waals surface area contributed by atoms with E-state index in [4.69, 9.17) is 10.2 Å². The van der Waals surface area contributed by atoms with E-state index in [2.05, 4.69) is 54.2 Å². The Labute approximate surface area is 874 Å². The smallest absolute Gasteiger partial charge is 0.354 e. The molecule has 18 nitrogen and oxygen atoms in total. The fraction of sp³-hybridized carbons (Fsp3) is 0. The van der Waals surface area contributed by atoms with Crippen LogP contribution in [-0.2, 0) is 80.4 Å². The van der Waals surface area contributed by atoms with Crippen molar-refractivity contribution in [2.45, 2.75) is 0 Å². The number of hydrogen-bond acceptors (Lipinski definition) is 16. The molecule has 18 rings (SSSR count). The summed E-state index contributed by atoms with van der Waals surface area (Å²) in [5, 5.41) is 36.2. The number of carbonyl (C=O) groups is 8. The number of nitrogens with zero attached hydrogens (tertiary/aromatic N) is 6. The van der Waals surface area contributed by atoms with Crippen LogP contribution in [0, 0.1) is 70.8 Å². The Hall–Kier alpha value is -16.4. The van der Waals surface area contributed by atoms with E-state index in [1.54, 1.807) is 195 Å². The first kappa shape index (κ1) is 115. The summed E-state index contributed by atoms with van der Waals surface area (Å²) in [7, 11) is 0. The topological polar surface area (TPSA) is 295 Å². The molecule has 12 aromatic carbocycles. The molecular weight excluding hydrogens is 2570 g/mol. The molecule has 0 spiro atoms. The van der Waals surface area contributed by atoms with Crippen molar-refractivity contribution in [2.24, 2.45) is 0 Å². The van der Waals surface area contributed by atoms with E-state index in [9.17, 15) is 83.7 Å². The average molecular weight is 2640 g/mol. The van der Waals surface area contributed by atoms with Gasteiger partial charge in [0.1, 0.15) is 40.4 Å². The van der Waals surface area contributed by atoms with Gasteiger partial charge >= 0.3 is 11.9 Å². The Morgan fingerprint density at radius 2 is 0.514 bits per heavy atom. The molecule has 0 fully saturated rings. The SMILES string of the molecule is O=C(C=C(O)c1ccccc1)c1ccccc1.O=C(C=C(O)c1ccccc1)c1ccccc1.O=C(O)c1ccccn1.O=C(O)c1ccccn1.O=C(c1cc[c-]c(-c2ccccn2)c1)c1cc(F)c(F)c(F)c1F.O=C(c1ccc(F)cc1)c1cc(-c2ccccn2)[c-]cc1F.O=C(c1ccc(F)cc1)c1cc[c-]c(-c2ccccn2)c1.O=C(c1ccc(F)cc1)c1cc[c-]c(-c2ccccn2)c1.[Ir].[Ir].[Ir].[Ir]. The van der Waals surface area contributed by atoms with Crippen LogP contribution in [0.2, 0.25) is 0 Å². The Kier molecular flexibility index (Phi) is 47.2. The molecule has 0 unspecified atom stereocenters. The summed E-state index contributed by atoms with van der Waals surface area (Å²) in [6, 6.07) is 112. The number of aliphatic hydroxyl groups excluding tert-OH is 2. The molecular formula is C114H74F8Ir4N6O12-4. The Morgan fingerprint density at radius 3 is 0.806 bits per heavy atom. The van der Waals surface area contributed by atoms with Gasteiger partial charge in [0.15, 0.2) is 58.0 Å². The number of aromatic nitrogens is 6. The van der Waals surface area contributed by atoms with Gasteiger partial charge in [-0.25, -0.2) is 50.3 Å². The molecule has 0 aliphatic rings. The van der Waals surface area contributed by atoms with Crippen LogP contribution in [-0.4, -0.2) is 97.0 Å². The van der Waals surface area contributed by atoms with Crippen molar-refractivity contribution in [1.82, 2.24) is 29.9 Å². The monoisotopic (exact) mass is 2640 g/mol. The van der Waals surface area contributed by atoms with Crippen LogP contribution in [0.4, 0.5) is 35.1 Å². The van der Waals surface area contributed by atoms with Gasteiger partial charge in [-0.1, -0.05) is 199 Å². The van der Waals surface area contributed by atoms with Crippen molar-refractivity contribution in [2.75, 3.05) is 0 Å². The third kappa shape index (κ3) is 34.8. The predicted octanol–water partition coefficient (Wildman–Crippen LogP) is 24.7. The minimum absolute atomic E-state index is 0. The van der Waals surface area contributed by atoms with Crippen LogP contribution in [0.3, 0.4) is 0 Å². The molecule has 18 aromatic rings. The molecule has 728 valence electrons. The molecule has 0 amide bonds. The Bertz CT molecular complexity index is 7030. The summed E-state index contributed by atoms with van der Waals surface area (Å²) in [6.45, 7) is 0. The van der Waals surface area contributed by atoms with Crippen molar-refractivity contribution < 1.29 is 174 Å². The van der Waals surface area contributed by atoms with Crippen molar-refractivity contribution in [3.05, 3.63) is 574 Å². The van der Waals surface area contributed by atoms with Crippen LogP contribution < -0.4 is 0 Å². The fourth-order valence-electron chi connectivity index (χ4n) is 12.3. The Balaban J connectivity index is 0.000000226. The van der Waals surface area contributed by atoms with Crippen molar-refractivity contribution in [1.29, 1.82) is 0 Å². The summed E-state index contributed by atoms with van der Waals surface area (Å²) >= 11 is 0. The summed E-state index contributed by atoms with van der Waals surface area (Å²) in [5.74, 6) is -13.4. The Morgan fingerprint density at radius 1 is 0.236 bits per heavy atom. The van der Waals surface area contributed by atoms with Crippen molar-refractivity contribution in [3.8, 4) is 45.0 Å². The van der Waals surface area contributed by atoms with Gasteiger partial charge in [0.05, 0.1) is 5.56 Å². The van der Waals surface area contributed by atoms with Gasteiger partial charge in [-0.3, -0.25) is 33.2 Å². The molecule has 0 saturated carbocycles. The number of carboxylic acids is 2. The number of allylic oxidation sites excluding steroid dienone is 2. The zero-order valence-electron chi connectivity index (χ0n) is 74.5. The maximum Gasteiger partial charge on any atom is 0.354 e. The third-order valence-corrected chi connectivity index (χ3v) is 19.3. The van der Waals surface area contributed by atoms with E-state index in [1.807, 2.05) is 84.9 Å². The molecule has 30 heteroatoms. The number of hydrogen-bond donors (Lipinski definition) is 4. The van der Waals surface area contributed by atoms with Crippen LogP contribution in [0.15, 0.2) is 425 Å². The first-order valence-corrected chi connectivity index (χ1v) is 41.9. The van der Waals surface area contributed by atoms with E-state index in [-0.39, 0.29) is 155 Å². The maximum absolute atomic E-state index is 14.0. The molecule has 0 atom stereocenters. The van der Waals surface area contributed by atoms with Crippen LogP contribution >= 0.6 is 0 Å². The molecule has 4 N–H and O–H groups in total. The average Bonchev–Trinajstić information content (AvgIpc) is 0.795. The summed E-state index contributed by atoms with van der Waals surface area (Å²) < 4.78 is 106. The number of rotatable bonds is 20. The molecule has 6 heterocycles. The summed E-state index contributed by atoms with van der Waals surface area (Å²) in [6.07, 6.45) is 11.9. The number of carbonyl (C=O) groups excluding carboxylic acids is 6. The predicted molar refractivity (Wildman–Crippen MR) is 511 cm³/mol. The number of benzene rings is 12. The third-order valence-electron chi connectivity index (χ3n) is 19.3. The van der Waals surface area contributed by atoms with Gasteiger partial charge in [-0.05, 0) is 156 Å². The van der Waals surface area contributed by atoms with Crippen molar-refractivity contribution >= 4 is 58.2 Å². The van der Waals surface area contributed by atoms with Crippen molar-refractivity contribution in [3.63, 3.8) is 0 Å². The van der Waals surface area contributed by atoms with Gasteiger partial charge in [0.2, 0.25) is 0 Å². The first-order chi connectivity index (χ1) is 67.8. The number of pyridine rings is 6. The van der Waals surface area contributed by atoms with E-state index >= 15 is 0 Å². The number of aromatic carboxylic acids is 2. The van der Waals surface area contributed by atoms with E-state index < -0.39 is 64.0 Å². The second kappa shape index (κ2) is 59.3. The largest absolute Gasteiger partial charge is 0.507 e. The van der Waals surface area contributed by atoms with Crippen LogP contribution in [0.5, 0.6) is 0 Å². The molecule has 0 saturated heterocycles. The van der Waals surface area contributed by atoms with Gasteiger partial charge in [0.25, 0.3) is 0 Å². The normalized spacial score (nSPS) is 10.1. The number of ketones is 6. The second-order valence-corrected chi connectivity index (χ2v) is 28.9. The molecule has 6 aromatic heterocycles.